The van der Waals surface area contributed by atoms with Gasteiger partial charge in [0.2, 0.25) is 5.91 Å². The lowest BCUT2D eigenvalue weighted by Crippen LogP contribution is -2.50. The Morgan fingerprint density at radius 3 is 2.33 bits per heavy atom. The Labute approximate surface area is 191 Å². The van der Waals surface area contributed by atoms with Crippen LogP contribution in [0.5, 0.6) is 0 Å². The zero-order valence-corrected chi connectivity index (χ0v) is 18.1. The minimum Gasteiger partial charge on any atom is -0.352 e. The molecular formula is C25H25N5O3. The highest BCUT2D eigenvalue weighted by molar-refractivity contribution is 6.07. The van der Waals surface area contributed by atoms with E-state index in [9.17, 15) is 14.4 Å². The summed E-state index contributed by atoms with van der Waals surface area (Å²) in [5, 5.41) is 12.9. The summed E-state index contributed by atoms with van der Waals surface area (Å²) >= 11 is 0. The summed E-state index contributed by atoms with van der Waals surface area (Å²) in [5.74, 6) is -0.515. The molecule has 2 fully saturated rings. The summed E-state index contributed by atoms with van der Waals surface area (Å²) in [7, 11) is 0. The predicted molar refractivity (Wildman–Crippen MR) is 122 cm³/mol. The van der Waals surface area contributed by atoms with Crippen molar-refractivity contribution in [1.82, 2.24) is 25.7 Å². The van der Waals surface area contributed by atoms with E-state index in [0.29, 0.717) is 32.2 Å². The van der Waals surface area contributed by atoms with E-state index in [1.54, 1.807) is 0 Å². The Hall–Kier alpha value is -3.94. The van der Waals surface area contributed by atoms with Gasteiger partial charge < -0.3 is 10.6 Å². The second kappa shape index (κ2) is 8.54. The minimum atomic E-state index is -0.856. The van der Waals surface area contributed by atoms with Crippen molar-refractivity contribution >= 4 is 17.8 Å². The summed E-state index contributed by atoms with van der Waals surface area (Å²) in [6, 6.07) is 19.3. The Morgan fingerprint density at radius 2 is 1.70 bits per heavy atom. The number of hydrogen-bond acceptors (Lipinski definition) is 4. The van der Waals surface area contributed by atoms with Crippen molar-refractivity contribution < 1.29 is 14.4 Å². The molecule has 5 rings (SSSR count). The van der Waals surface area contributed by atoms with Crippen molar-refractivity contribution in [1.29, 1.82) is 0 Å². The van der Waals surface area contributed by atoms with Crippen LogP contribution in [0, 0.1) is 5.92 Å². The minimum absolute atomic E-state index is 0.0407. The van der Waals surface area contributed by atoms with Gasteiger partial charge in [0.15, 0.2) is 0 Å². The molecule has 0 atom stereocenters. The number of carbonyl (C=O) groups excluding carboxylic acids is 3. The molecule has 33 heavy (non-hydrogen) atoms. The molecule has 1 saturated carbocycles. The number of urea groups is 1. The summed E-state index contributed by atoms with van der Waals surface area (Å²) < 4.78 is 1.83. The molecular weight excluding hydrogens is 418 g/mol. The van der Waals surface area contributed by atoms with Crippen LogP contribution in [0.25, 0.3) is 16.9 Å². The molecule has 0 unspecified atom stereocenters. The van der Waals surface area contributed by atoms with Gasteiger partial charge in [-0.1, -0.05) is 48.5 Å². The van der Waals surface area contributed by atoms with Crippen molar-refractivity contribution in [2.45, 2.75) is 37.8 Å². The maximum atomic E-state index is 12.9. The van der Waals surface area contributed by atoms with Crippen LogP contribution in [0.2, 0.25) is 0 Å². The van der Waals surface area contributed by atoms with Gasteiger partial charge >= 0.3 is 6.03 Å². The fourth-order valence-electron chi connectivity index (χ4n) is 4.67. The smallest absolute Gasteiger partial charge is 0.322 e. The molecule has 2 aliphatic rings. The van der Waals surface area contributed by atoms with E-state index in [1.165, 1.54) is 0 Å². The SMILES string of the molecule is O=C1NC(=O)C2(CCC(C(=O)NCc3cn(-c4ccccc4)nc3-c3ccccc3)CC2)N1. The van der Waals surface area contributed by atoms with Gasteiger partial charge in [-0.2, -0.15) is 5.10 Å². The van der Waals surface area contributed by atoms with Crippen LogP contribution in [0.1, 0.15) is 31.2 Å². The summed E-state index contributed by atoms with van der Waals surface area (Å²) in [6.07, 6.45) is 3.97. The third kappa shape index (κ3) is 4.11. The van der Waals surface area contributed by atoms with E-state index in [0.717, 1.165) is 22.5 Å². The van der Waals surface area contributed by atoms with Crippen LogP contribution in [0.3, 0.4) is 0 Å². The first-order chi connectivity index (χ1) is 16.0. The molecule has 8 heteroatoms. The monoisotopic (exact) mass is 443 g/mol. The van der Waals surface area contributed by atoms with Crippen LogP contribution >= 0.6 is 0 Å². The zero-order chi connectivity index (χ0) is 22.8. The van der Waals surface area contributed by atoms with Gasteiger partial charge in [0.1, 0.15) is 5.54 Å². The molecule has 1 aromatic heterocycles. The number of para-hydroxylation sites is 1. The lowest BCUT2D eigenvalue weighted by molar-refractivity contribution is -0.130. The number of carbonyl (C=O) groups is 3. The number of hydrogen-bond donors (Lipinski definition) is 3. The number of amides is 4. The Balaban J connectivity index is 1.29. The number of benzene rings is 2. The van der Waals surface area contributed by atoms with E-state index in [2.05, 4.69) is 16.0 Å². The first kappa shape index (κ1) is 20.9. The highest BCUT2D eigenvalue weighted by atomic mass is 16.2. The van der Waals surface area contributed by atoms with Gasteiger partial charge in [0.05, 0.1) is 11.4 Å². The Bertz CT molecular complexity index is 1180. The number of aromatic nitrogens is 2. The second-order valence-electron chi connectivity index (χ2n) is 8.63. The maximum absolute atomic E-state index is 12.9. The van der Waals surface area contributed by atoms with Crippen molar-refractivity contribution in [3.8, 4) is 16.9 Å². The van der Waals surface area contributed by atoms with Gasteiger partial charge in [0.25, 0.3) is 5.91 Å². The molecule has 0 radical (unpaired) electrons. The van der Waals surface area contributed by atoms with E-state index >= 15 is 0 Å². The Morgan fingerprint density at radius 1 is 1.03 bits per heavy atom. The molecule has 1 aliphatic carbocycles. The van der Waals surface area contributed by atoms with E-state index < -0.39 is 11.6 Å². The first-order valence-corrected chi connectivity index (χ1v) is 11.1. The highest BCUT2D eigenvalue weighted by Crippen LogP contribution is 2.34. The van der Waals surface area contributed by atoms with Crippen molar-refractivity contribution in [2.24, 2.45) is 5.92 Å². The molecule has 3 N–H and O–H groups in total. The van der Waals surface area contributed by atoms with E-state index in [4.69, 9.17) is 5.10 Å². The molecule has 1 aliphatic heterocycles. The van der Waals surface area contributed by atoms with Crippen LogP contribution in [-0.4, -0.2) is 33.2 Å². The summed E-state index contributed by atoms with van der Waals surface area (Å²) in [6.45, 7) is 0.356. The average molecular weight is 444 g/mol. The van der Waals surface area contributed by atoms with Gasteiger partial charge in [-0.25, -0.2) is 9.48 Å². The lowest BCUT2D eigenvalue weighted by Gasteiger charge is -2.33. The average Bonchev–Trinajstić information content (AvgIpc) is 3.39. The van der Waals surface area contributed by atoms with Crippen LogP contribution in [0.4, 0.5) is 4.79 Å². The molecule has 1 saturated heterocycles. The molecule has 2 aromatic carbocycles. The molecule has 2 heterocycles. The maximum Gasteiger partial charge on any atom is 0.322 e. The topological polar surface area (TPSA) is 105 Å². The van der Waals surface area contributed by atoms with Gasteiger partial charge in [-0.05, 0) is 37.8 Å². The zero-order valence-electron chi connectivity index (χ0n) is 18.1. The van der Waals surface area contributed by atoms with Crippen molar-refractivity contribution in [3.05, 3.63) is 72.4 Å². The first-order valence-electron chi connectivity index (χ1n) is 11.1. The molecule has 168 valence electrons. The lowest BCUT2D eigenvalue weighted by atomic mass is 9.76. The predicted octanol–water partition coefficient (Wildman–Crippen LogP) is 2.92. The molecule has 8 nitrogen and oxygen atoms in total. The third-order valence-corrected chi connectivity index (χ3v) is 6.54. The van der Waals surface area contributed by atoms with Gasteiger partial charge in [-0.15, -0.1) is 0 Å². The standard InChI is InChI=1S/C25H25N5O3/c31-22(18-11-13-25(14-12-18)23(32)27-24(33)28-25)26-15-19-16-30(20-9-5-2-6-10-20)29-21(19)17-7-3-1-4-8-17/h1-10,16,18H,11-15H2,(H,26,31)(H2,27,28,32,33). The summed E-state index contributed by atoms with van der Waals surface area (Å²) in [5.41, 5.74) is 2.83. The van der Waals surface area contributed by atoms with E-state index in [1.807, 2.05) is 71.5 Å². The number of rotatable bonds is 5. The van der Waals surface area contributed by atoms with E-state index in [-0.39, 0.29) is 17.7 Å². The van der Waals surface area contributed by atoms with Crippen LogP contribution in [0.15, 0.2) is 66.9 Å². The van der Waals surface area contributed by atoms with Crippen molar-refractivity contribution in [2.75, 3.05) is 0 Å². The Kier molecular flexibility index (Phi) is 5.42. The van der Waals surface area contributed by atoms with Crippen molar-refractivity contribution in [3.63, 3.8) is 0 Å². The largest absolute Gasteiger partial charge is 0.352 e. The fraction of sp³-hybridized carbons (Fsp3) is 0.280. The molecule has 4 amide bonds. The molecule has 3 aromatic rings. The fourth-order valence-corrected chi connectivity index (χ4v) is 4.67. The second-order valence-corrected chi connectivity index (χ2v) is 8.63. The third-order valence-electron chi connectivity index (χ3n) is 6.54. The van der Waals surface area contributed by atoms with Gasteiger partial charge in [0, 0.05) is 29.8 Å². The number of nitrogens with one attached hydrogen (secondary N) is 3. The quantitative estimate of drug-likeness (QED) is 0.527. The molecule has 0 bridgehead atoms. The number of nitrogens with zero attached hydrogens (tertiary/aromatic N) is 2. The molecule has 1 spiro atoms. The number of imide groups is 1. The highest BCUT2D eigenvalue weighted by Gasteiger charge is 2.48. The normalized spacial score (nSPS) is 22.1. The van der Waals surface area contributed by atoms with Crippen LogP contribution < -0.4 is 16.0 Å². The summed E-state index contributed by atoms with van der Waals surface area (Å²) in [4.78, 5) is 36.6. The van der Waals surface area contributed by atoms with Gasteiger partial charge in [-0.3, -0.25) is 14.9 Å². The van der Waals surface area contributed by atoms with Crippen LogP contribution in [-0.2, 0) is 16.1 Å².